The molecule has 8 heteroatoms. The number of hydrogen-bond acceptors (Lipinski definition) is 5. The van der Waals surface area contributed by atoms with Crippen molar-refractivity contribution in [2.24, 2.45) is 0 Å². The number of amides is 2. The van der Waals surface area contributed by atoms with Gasteiger partial charge in [-0.05, 0) is 31.2 Å². The number of nitro groups is 1. The highest BCUT2D eigenvalue weighted by molar-refractivity contribution is 8.00. The highest BCUT2D eigenvalue weighted by Crippen LogP contribution is 2.32. The second-order valence-electron chi connectivity index (χ2n) is 5.21. The quantitative estimate of drug-likeness (QED) is 0.658. The SMILES string of the molecule is Cc1c(NC(=O)c2ccc3c(c2)NC(=O)CS3)cccc1[N+](=O)[O-]. The predicted octanol–water partition coefficient (Wildman–Crippen LogP) is 3.20. The van der Waals surface area contributed by atoms with Crippen molar-refractivity contribution in [3.05, 3.63) is 57.6 Å². The Balaban J connectivity index is 1.86. The van der Waals surface area contributed by atoms with Crippen molar-refractivity contribution in [3.63, 3.8) is 0 Å². The molecule has 2 aromatic carbocycles. The lowest BCUT2D eigenvalue weighted by Gasteiger charge is -2.17. The summed E-state index contributed by atoms with van der Waals surface area (Å²) >= 11 is 1.41. The summed E-state index contributed by atoms with van der Waals surface area (Å²) in [5.41, 5.74) is 1.67. The molecule has 7 nitrogen and oxygen atoms in total. The molecule has 2 amide bonds. The fraction of sp³-hybridized carbons (Fsp3) is 0.125. The molecule has 0 aliphatic carbocycles. The van der Waals surface area contributed by atoms with Crippen LogP contribution in [0.25, 0.3) is 0 Å². The summed E-state index contributed by atoms with van der Waals surface area (Å²) < 4.78 is 0. The van der Waals surface area contributed by atoms with Crippen LogP contribution in [0.15, 0.2) is 41.3 Å². The number of benzene rings is 2. The lowest BCUT2D eigenvalue weighted by atomic mass is 10.1. The van der Waals surface area contributed by atoms with Crippen LogP contribution in [0.3, 0.4) is 0 Å². The zero-order valence-electron chi connectivity index (χ0n) is 12.7. The first-order chi connectivity index (χ1) is 11.5. The average molecular weight is 343 g/mol. The summed E-state index contributed by atoms with van der Waals surface area (Å²) in [5.74, 6) is -0.156. The van der Waals surface area contributed by atoms with Gasteiger partial charge in [-0.1, -0.05) is 6.07 Å². The van der Waals surface area contributed by atoms with E-state index in [1.165, 1.54) is 23.9 Å². The van der Waals surface area contributed by atoms with E-state index in [0.717, 1.165) is 4.90 Å². The van der Waals surface area contributed by atoms with E-state index in [2.05, 4.69) is 10.6 Å². The number of hydrogen-bond donors (Lipinski definition) is 2. The zero-order valence-corrected chi connectivity index (χ0v) is 13.5. The van der Waals surface area contributed by atoms with Gasteiger partial charge >= 0.3 is 0 Å². The van der Waals surface area contributed by atoms with Gasteiger partial charge in [0.25, 0.3) is 11.6 Å². The molecule has 2 N–H and O–H groups in total. The number of thioether (sulfide) groups is 1. The molecule has 0 aromatic heterocycles. The molecule has 0 atom stereocenters. The smallest absolute Gasteiger partial charge is 0.274 e. The van der Waals surface area contributed by atoms with Gasteiger partial charge in [0.15, 0.2) is 0 Å². The van der Waals surface area contributed by atoms with Crippen LogP contribution in [0.5, 0.6) is 0 Å². The average Bonchev–Trinajstić information content (AvgIpc) is 2.55. The van der Waals surface area contributed by atoms with E-state index >= 15 is 0 Å². The lowest BCUT2D eigenvalue weighted by molar-refractivity contribution is -0.385. The first kappa shape index (κ1) is 16.0. The second kappa shape index (κ2) is 6.32. The van der Waals surface area contributed by atoms with Crippen molar-refractivity contribution in [1.82, 2.24) is 0 Å². The van der Waals surface area contributed by atoms with Crippen LogP contribution in [0.4, 0.5) is 17.1 Å². The molecule has 0 saturated carbocycles. The molecular formula is C16H13N3O4S. The van der Waals surface area contributed by atoms with Crippen molar-refractivity contribution in [1.29, 1.82) is 0 Å². The Labute approximate surface area is 141 Å². The first-order valence-electron chi connectivity index (χ1n) is 7.08. The molecule has 0 fully saturated rings. The number of carbonyl (C=O) groups excluding carboxylic acids is 2. The van der Waals surface area contributed by atoms with Crippen LogP contribution in [-0.2, 0) is 4.79 Å². The highest BCUT2D eigenvalue weighted by atomic mass is 32.2. The van der Waals surface area contributed by atoms with Crippen molar-refractivity contribution in [2.45, 2.75) is 11.8 Å². The van der Waals surface area contributed by atoms with Gasteiger partial charge in [-0.2, -0.15) is 0 Å². The number of carbonyl (C=O) groups is 2. The van der Waals surface area contributed by atoms with Crippen LogP contribution in [-0.4, -0.2) is 22.5 Å². The Morgan fingerprint density at radius 3 is 2.88 bits per heavy atom. The third kappa shape index (κ3) is 3.09. The molecule has 0 spiro atoms. The molecule has 122 valence electrons. The monoisotopic (exact) mass is 343 g/mol. The Morgan fingerprint density at radius 2 is 2.12 bits per heavy atom. The molecule has 0 bridgehead atoms. The van der Waals surface area contributed by atoms with Crippen LogP contribution in [0, 0.1) is 17.0 Å². The molecular weight excluding hydrogens is 330 g/mol. The van der Waals surface area contributed by atoms with Crippen molar-refractivity contribution >= 4 is 40.6 Å². The first-order valence-corrected chi connectivity index (χ1v) is 8.06. The Hall–Kier alpha value is -2.87. The van der Waals surface area contributed by atoms with Crippen LogP contribution in [0.1, 0.15) is 15.9 Å². The van der Waals surface area contributed by atoms with Crippen molar-refractivity contribution in [3.8, 4) is 0 Å². The van der Waals surface area contributed by atoms with Crippen LogP contribution >= 0.6 is 11.8 Å². The van der Waals surface area contributed by atoms with Gasteiger partial charge in [0.2, 0.25) is 5.91 Å². The van der Waals surface area contributed by atoms with Crippen LogP contribution in [0.2, 0.25) is 0 Å². The van der Waals surface area contributed by atoms with E-state index in [4.69, 9.17) is 0 Å². The van der Waals surface area contributed by atoms with Gasteiger partial charge in [-0.3, -0.25) is 19.7 Å². The zero-order chi connectivity index (χ0) is 17.3. The van der Waals surface area contributed by atoms with Crippen molar-refractivity contribution < 1.29 is 14.5 Å². The minimum atomic E-state index is -0.489. The third-order valence-electron chi connectivity index (χ3n) is 3.62. The maximum absolute atomic E-state index is 12.4. The standard InChI is InChI=1S/C16H13N3O4S/c1-9-11(3-2-4-13(9)19(22)23)18-16(21)10-5-6-14-12(7-10)17-15(20)8-24-14/h2-7H,8H2,1H3,(H,17,20)(H,18,21). The summed E-state index contributed by atoms with van der Waals surface area (Å²) in [6, 6.07) is 9.54. The summed E-state index contributed by atoms with van der Waals surface area (Å²) in [5, 5.41) is 16.4. The van der Waals surface area contributed by atoms with Gasteiger partial charge in [-0.25, -0.2) is 0 Å². The fourth-order valence-electron chi connectivity index (χ4n) is 2.38. The van der Waals surface area contributed by atoms with E-state index < -0.39 is 10.8 Å². The minimum absolute atomic E-state index is 0.0538. The van der Waals surface area contributed by atoms with E-state index in [-0.39, 0.29) is 11.6 Å². The summed E-state index contributed by atoms with van der Waals surface area (Å²) in [6.45, 7) is 1.58. The minimum Gasteiger partial charge on any atom is -0.324 e. The van der Waals surface area contributed by atoms with Gasteiger partial charge in [0.05, 0.1) is 27.6 Å². The molecule has 1 heterocycles. The second-order valence-corrected chi connectivity index (χ2v) is 6.23. The number of anilines is 2. The predicted molar refractivity (Wildman–Crippen MR) is 91.6 cm³/mol. The highest BCUT2D eigenvalue weighted by Gasteiger charge is 2.19. The number of fused-ring (bicyclic) bond motifs is 1. The van der Waals surface area contributed by atoms with Gasteiger partial charge in [-0.15, -0.1) is 11.8 Å². The molecule has 0 radical (unpaired) electrons. The number of rotatable bonds is 3. The number of nitro benzene ring substituents is 1. The summed E-state index contributed by atoms with van der Waals surface area (Å²) in [6.07, 6.45) is 0. The third-order valence-corrected chi connectivity index (χ3v) is 4.70. The lowest BCUT2D eigenvalue weighted by Crippen LogP contribution is -2.20. The van der Waals surface area contributed by atoms with E-state index in [1.807, 2.05) is 0 Å². The van der Waals surface area contributed by atoms with Gasteiger partial charge < -0.3 is 10.6 Å². The number of nitrogens with zero attached hydrogens (tertiary/aromatic N) is 1. The molecule has 1 aliphatic rings. The Kier molecular flexibility index (Phi) is 4.22. The maximum atomic E-state index is 12.4. The molecule has 1 aliphatic heterocycles. The molecule has 3 rings (SSSR count). The van der Waals surface area contributed by atoms with Crippen molar-refractivity contribution in [2.75, 3.05) is 16.4 Å². The Morgan fingerprint density at radius 1 is 1.33 bits per heavy atom. The molecule has 24 heavy (non-hydrogen) atoms. The molecule has 0 unspecified atom stereocenters. The van der Waals surface area contributed by atoms with E-state index in [1.54, 1.807) is 31.2 Å². The number of nitrogens with one attached hydrogen (secondary N) is 2. The Bertz CT molecular complexity index is 866. The summed E-state index contributed by atoms with van der Waals surface area (Å²) in [4.78, 5) is 35.2. The summed E-state index contributed by atoms with van der Waals surface area (Å²) in [7, 11) is 0. The fourth-order valence-corrected chi connectivity index (χ4v) is 3.16. The van der Waals surface area contributed by atoms with Gasteiger partial charge in [0, 0.05) is 16.5 Å². The van der Waals surface area contributed by atoms with Crippen LogP contribution < -0.4 is 10.6 Å². The van der Waals surface area contributed by atoms with E-state index in [9.17, 15) is 19.7 Å². The van der Waals surface area contributed by atoms with E-state index in [0.29, 0.717) is 28.3 Å². The normalized spacial score (nSPS) is 13.0. The van der Waals surface area contributed by atoms with Gasteiger partial charge in [0.1, 0.15) is 0 Å². The topological polar surface area (TPSA) is 101 Å². The molecule has 0 saturated heterocycles. The molecule has 2 aromatic rings. The largest absolute Gasteiger partial charge is 0.324 e. The maximum Gasteiger partial charge on any atom is 0.274 e.